The normalized spacial score (nSPS) is 14.1. The van der Waals surface area contributed by atoms with Crippen molar-refractivity contribution >= 4 is 10.0 Å². The van der Waals surface area contributed by atoms with E-state index in [-0.39, 0.29) is 0 Å². The Balaban J connectivity index is 1.39. The van der Waals surface area contributed by atoms with Crippen LogP contribution >= 0.6 is 0 Å². The molecule has 1 aromatic heterocycles. The van der Waals surface area contributed by atoms with Gasteiger partial charge in [-0.3, -0.25) is 0 Å². The van der Waals surface area contributed by atoms with Crippen molar-refractivity contribution in [3.05, 3.63) is 77.6 Å². The Morgan fingerprint density at radius 2 is 1.78 bits per heavy atom. The molecule has 1 heterocycles. The molecule has 0 saturated heterocycles. The standard InChI is InChI=1S/C21H23N3O2S/c25-27(26,21-11-10-18-6-4-5-7-19(18)14-21)23-13-12-17-15-22-24(16-17)20-8-2-1-3-9-20/h1-3,8-11,14-16,23H,4-7,12-13H2. The maximum absolute atomic E-state index is 12.6. The number of aryl methyl sites for hydroxylation is 2. The first-order valence-corrected chi connectivity index (χ1v) is 10.8. The Morgan fingerprint density at radius 1 is 1.00 bits per heavy atom. The molecule has 2 aromatic carbocycles. The average Bonchev–Trinajstić information content (AvgIpc) is 3.17. The van der Waals surface area contributed by atoms with Crippen LogP contribution in [0.1, 0.15) is 29.5 Å². The van der Waals surface area contributed by atoms with Crippen LogP contribution in [0.2, 0.25) is 0 Å². The first-order chi connectivity index (χ1) is 13.1. The lowest BCUT2D eigenvalue weighted by atomic mass is 9.92. The van der Waals surface area contributed by atoms with Crippen LogP contribution < -0.4 is 4.72 Å². The summed E-state index contributed by atoms with van der Waals surface area (Å²) in [5.41, 5.74) is 4.44. The average molecular weight is 382 g/mol. The third-order valence-corrected chi connectivity index (χ3v) is 6.45. The van der Waals surface area contributed by atoms with E-state index < -0.39 is 10.0 Å². The summed E-state index contributed by atoms with van der Waals surface area (Å²) in [5.74, 6) is 0. The number of hydrogen-bond donors (Lipinski definition) is 1. The molecule has 0 radical (unpaired) electrons. The van der Waals surface area contributed by atoms with Gasteiger partial charge in [0.1, 0.15) is 0 Å². The van der Waals surface area contributed by atoms with Crippen LogP contribution in [-0.4, -0.2) is 24.7 Å². The van der Waals surface area contributed by atoms with Crippen molar-refractivity contribution in [1.29, 1.82) is 0 Å². The molecule has 5 nitrogen and oxygen atoms in total. The number of benzene rings is 2. The monoisotopic (exact) mass is 381 g/mol. The zero-order chi connectivity index (χ0) is 18.7. The lowest BCUT2D eigenvalue weighted by Crippen LogP contribution is -2.26. The molecule has 6 heteroatoms. The Kier molecular flexibility index (Phi) is 5.09. The van der Waals surface area contributed by atoms with Gasteiger partial charge in [0, 0.05) is 12.7 Å². The molecule has 0 bridgehead atoms. The van der Waals surface area contributed by atoms with E-state index in [0.717, 1.165) is 30.5 Å². The van der Waals surface area contributed by atoms with Crippen molar-refractivity contribution in [3.63, 3.8) is 0 Å². The fourth-order valence-corrected chi connectivity index (χ4v) is 4.58. The second-order valence-electron chi connectivity index (χ2n) is 6.91. The molecule has 140 valence electrons. The number of aromatic nitrogens is 2. The summed E-state index contributed by atoms with van der Waals surface area (Å²) in [7, 11) is -3.49. The number of fused-ring (bicyclic) bond motifs is 1. The van der Waals surface area contributed by atoms with Gasteiger partial charge in [-0.25, -0.2) is 17.8 Å². The van der Waals surface area contributed by atoms with Gasteiger partial charge in [-0.15, -0.1) is 0 Å². The summed E-state index contributed by atoms with van der Waals surface area (Å²) in [4.78, 5) is 0.364. The molecule has 27 heavy (non-hydrogen) atoms. The first-order valence-electron chi connectivity index (χ1n) is 9.32. The topological polar surface area (TPSA) is 64.0 Å². The molecular formula is C21H23N3O2S. The van der Waals surface area contributed by atoms with Crippen LogP contribution in [-0.2, 0) is 29.3 Å². The van der Waals surface area contributed by atoms with E-state index in [1.165, 1.54) is 17.5 Å². The van der Waals surface area contributed by atoms with Crippen LogP contribution in [0.15, 0.2) is 65.8 Å². The van der Waals surface area contributed by atoms with E-state index >= 15 is 0 Å². The van der Waals surface area contributed by atoms with Gasteiger partial charge < -0.3 is 0 Å². The minimum absolute atomic E-state index is 0.347. The molecule has 0 aliphatic heterocycles. The van der Waals surface area contributed by atoms with Gasteiger partial charge in [-0.1, -0.05) is 24.3 Å². The highest BCUT2D eigenvalue weighted by molar-refractivity contribution is 7.89. The summed E-state index contributed by atoms with van der Waals surface area (Å²) in [6.45, 7) is 0.347. The maximum atomic E-state index is 12.6. The van der Waals surface area contributed by atoms with Crippen LogP contribution in [0.3, 0.4) is 0 Å². The van der Waals surface area contributed by atoms with Crippen molar-refractivity contribution in [3.8, 4) is 5.69 Å². The Labute approximate surface area is 160 Å². The van der Waals surface area contributed by atoms with Crippen LogP contribution in [0, 0.1) is 0 Å². The molecule has 0 atom stereocenters. The summed E-state index contributed by atoms with van der Waals surface area (Å²) in [5, 5.41) is 4.35. The van der Waals surface area contributed by atoms with Crippen LogP contribution in [0.5, 0.6) is 0 Å². The minimum atomic E-state index is -3.49. The van der Waals surface area contributed by atoms with Gasteiger partial charge >= 0.3 is 0 Å². The number of hydrogen-bond acceptors (Lipinski definition) is 3. The second kappa shape index (κ2) is 7.66. The molecule has 0 saturated carbocycles. The van der Waals surface area contributed by atoms with Gasteiger partial charge in [0.2, 0.25) is 10.0 Å². The van der Waals surface area contributed by atoms with E-state index in [1.54, 1.807) is 16.9 Å². The molecule has 0 spiro atoms. The number of rotatable bonds is 6. The third-order valence-electron chi connectivity index (χ3n) is 4.99. The zero-order valence-electron chi connectivity index (χ0n) is 15.1. The van der Waals surface area contributed by atoms with Gasteiger partial charge in [-0.2, -0.15) is 5.10 Å². The summed E-state index contributed by atoms with van der Waals surface area (Å²) in [6, 6.07) is 15.4. The Morgan fingerprint density at radius 3 is 2.59 bits per heavy atom. The molecule has 4 rings (SSSR count). The highest BCUT2D eigenvalue weighted by Crippen LogP contribution is 2.24. The van der Waals surface area contributed by atoms with Gasteiger partial charge in [0.05, 0.1) is 16.8 Å². The number of nitrogens with one attached hydrogen (secondary N) is 1. The van der Waals surface area contributed by atoms with Crippen molar-refractivity contribution in [2.45, 2.75) is 37.0 Å². The lowest BCUT2D eigenvalue weighted by Gasteiger charge is -2.16. The summed E-state index contributed by atoms with van der Waals surface area (Å²) < 4.78 is 29.7. The molecule has 1 N–H and O–H groups in total. The Bertz CT molecular complexity index is 1030. The maximum Gasteiger partial charge on any atom is 0.240 e. The fraction of sp³-hybridized carbons (Fsp3) is 0.286. The molecule has 1 aliphatic rings. The van der Waals surface area contributed by atoms with E-state index in [0.29, 0.717) is 17.9 Å². The lowest BCUT2D eigenvalue weighted by molar-refractivity contribution is 0.581. The summed E-state index contributed by atoms with van der Waals surface area (Å²) >= 11 is 0. The number of para-hydroxylation sites is 1. The minimum Gasteiger partial charge on any atom is -0.241 e. The second-order valence-corrected chi connectivity index (χ2v) is 8.68. The number of sulfonamides is 1. The predicted molar refractivity (Wildman–Crippen MR) is 106 cm³/mol. The van der Waals surface area contributed by atoms with Crippen LogP contribution in [0.4, 0.5) is 0 Å². The van der Waals surface area contributed by atoms with Crippen molar-refractivity contribution in [2.24, 2.45) is 0 Å². The quantitative estimate of drug-likeness (QED) is 0.713. The largest absolute Gasteiger partial charge is 0.241 e. The fourth-order valence-electron chi connectivity index (χ4n) is 3.50. The van der Waals surface area contributed by atoms with E-state index in [4.69, 9.17) is 0 Å². The molecular weight excluding hydrogens is 358 g/mol. The highest BCUT2D eigenvalue weighted by Gasteiger charge is 2.17. The van der Waals surface area contributed by atoms with Gasteiger partial charge in [0.25, 0.3) is 0 Å². The van der Waals surface area contributed by atoms with E-state index in [9.17, 15) is 8.42 Å². The third kappa shape index (κ3) is 4.12. The zero-order valence-corrected chi connectivity index (χ0v) is 16.0. The number of nitrogens with zero attached hydrogens (tertiary/aromatic N) is 2. The van der Waals surface area contributed by atoms with Gasteiger partial charge in [0.15, 0.2) is 0 Å². The van der Waals surface area contributed by atoms with E-state index in [1.807, 2.05) is 48.7 Å². The SMILES string of the molecule is O=S(=O)(NCCc1cnn(-c2ccccc2)c1)c1ccc2c(c1)CCCC2. The van der Waals surface area contributed by atoms with E-state index in [2.05, 4.69) is 9.82 Å². The van der Waals surface area contributed by atoms with Crippen LogP contribution in [0.25, 0.3) is 5.69 Å². The smallest absolute Gasteiger partial charge is 0.240 e. The predicted octanol–water partition coefficient (Wildman–Crippen LogP) is 3.27. The highest BCUT2D eigenvalue weighted by atomic mass is 32.2. The molecule has 0 unspecified atom stereocenters. The molecule has 0 fully saturated rings. The van der Waals surface area contributed by atoms with Crippen molar-refractivity contribution in [1.82, 2.24) is 14.5 Å². The molecule has 0 amide bonds. The van der Waals surface area contributed by atoms with Gasteiger partial charge in [-0.05, 0) is 73.1 Å². The first kappa shape index (κ1) is 17.9. The van der Waals surface area contributed by atoms with Crippen molar-refractivity contribution < 1.29 is 8.42 Å². The molecule has 3 aromatic rings. The molecule has 1 aliphatic carbocycles. The summed E-state index contributed by atoms with van der Waals surface area (Å²) in [6.07, 6.45) is 8.65. The Hall–Kier alpha value is -2.44. The van der Waals surface area contributed by atoms with Crippen molar-refractivity contribution in [2.75, 3.05) is 6.54 Å².